The summed E-state index contributed by atoms with van der Waals surface area (Å²) in [4.78, 5) is 98.5. The highest BCUT2D eigenvalue weighted by Crippen LogP contribution is 2.36. The van der Waals surface area contributed by atoms with Gasteiger partial charge >= 0.3 is 0 Å². The van der Waals surface area contributed by atoms with Crippen LogP contribution in [-0.2, 0) is 40.1 Å². The Bertz CT molecular complexity index is 8320. The monoisotopic (exact) mass is 1830 g/mol. The van der Waals surface area contributed by atoms with Crippen LogP contribution in [0.3, 0.4) is 0 Å². The van der Waals surface area contributed by atoms with Crippen molar-refractivity contribution in [3.05, 3.63) is 225 Å². The lowest BCUT2D eigenvalue weighted by Crippen LogP contribution is -2.20. The van der Waals surface area contributed by atoms with E-state index in [0.717, 1.165) is 45.0 Å². The van der Waals surface area contributed by atoms with Crippen LogP contribution in [0.25, 0.3) is 0 Å². The average molecular weight is 1830 g/mol. The van der Waals surface area contributed by atoms with Crippen molar-refractivity contribution in [3.63, 3.8) is 0 Å². The van der Waals surface area contributed by atoms with Gasteiger partial charge < -0.3 is 39.4 Å². The number of ketones is 4. The highest BCUT2D eigenvalue weighted by atomic mass is 32.2. The third-order valence-electron chi connectivity index (χ3n) is 15.7. The second-order valence-corrected chi connectivity index (χ2v) is 34.6. The van der Waals surface area contributed by atoms with Crippen molar-refractivity contribution >= 4 is 178 Å². The van der Waals surface area contributed by atoms with Gasteiger partial charge in [0, 0.05) is 85.6 Å². The summed E-state index contributed by atoms with van der Waals surface area (Å²) in [6, 6.07) is -2.39. The van der Waals surface area contributed by atoms with Gasteiger partial charge in [-0.1, -0.05) is 44.8 Å². The number of thiophene rings is 4. The molecule has 32 nitrogen and oxygen atoms in total. The van der Waals surface area contributed by atoms with Gasteiger partial charge in [0.1, 0.15) is 39.1 Å². The largest absolute Gasteiger partial charge is 0.337 e. The fraction of sp³-hybridized carbons (Fsp3) is 0.250. The van der Waals surface area contributed by atoms with Gasteiger partial charge in [0.05, 0.1) is 56.5 Å². The fourth-order valence-corrected chi connectivity index (χ4v) is 19.2. The lowest BCUT2D eigenvalue weighted by Gasteiger charge is -2.14. The summed E-state index contributed by atoms with van der Waals surface area (Å²) >= 11 is 2.56. The van der Waals surface area contributed by atoms with Crippen LogP contribution in [0.2, 0.25) is 0 Å². The van der Waals surface area contributed by atoms with E-state index in [-0.39, 0.29) is 56.5 Å². The molecule has 0 aliphatic rings. The second-order valence-electron chi connectivity index (χ2n) is 24.3. The third kappa shape index (κ3) is 21.0. The number of rotatable bonds is 24. The molecule has 0 spiro atoms. The third-order valence-corrected chi connectivity index (χ3v) is 25.4. The molecule has 0 fully saturated rings. The Morgan fingerprint density at radius 1 is 0.317 bits per heavy atom. The summed E-state index contributed by atoms with van der Waals surface area (Å²) in [5, 5.41) is 27.4. The molecule has 8 N–H and O–H groups in total. The van der Waals surface area contributed by atoms with Crippen molar-refractivity contribution in [1.82, 2.24) is 20.6 Å². The van der Waals surface area contributed by atoms with E-state index in [0.29, 0.717) is 56.6 Å². The highest BCUT2D eigenvalue weighted by molar-refractivity contribution is 7.94. The Kier molecular flexibility index (Phi) is 16.2. The number of Topliss-reactive ketones (excluding diaryl/α,β-unsaturated/α-hetero) is 4. The zero-order valence-corrected chi connectivity index (χ0v) is 69.4. The van der Waals surface area contributed by atoms with Crippen LogP contribution in [0.15, 0.2) is 132 Å². The van der Waals surface area contributed by atoms with Gasteiger partial charge in [0.25, 0.3) is 63.7 Å². The Morgan fingerprint density at radius 2 is 0.558 bits per heavy atom. The van der Waals surface area contributed by atoms with Crippen LogP contribution in [0.5, 0.6) is 0 Å². The van der Waals surface area contributed by atoms with E-state index in [1.54, 1.807) is 13.8 Å². The molecule has 0 saturated heterocycles. The zero-order valence-electron chi connectivity index (χ0n) is 101. The molecule has 0 unspecified atom stereocenters. The van der Waals surface area contributed by atoms with E-state index in [2.05, 4.69) is 46.6 Å². The quantitative estimate of drug-likeness (QED) is 0.0260. The van der Waals surface area contributed by atoms with Gasteiger partial charge in [-0.2, -0.15) is 0 Å². The van der Waals surface area contributed by atoms with E-state index in [1.165, 1.54) is 56.1 Å². The van der Waals surface area contributed by atoms with E-state index >= 15 is 0 Å². The summed E-state index contributed by atoms with van der Waals surface area (Å²) in [5.41, 5.74) is -12.9. The normalized spacial score (nSPS) is 17.1. The fourth-order valence-electron chi connectivity index (χ4n) is 9.82. The lowest BCUT2D eigenvalue weighted by atomic mass is 10.0. The molecular weight excluding hydrogens is 1710 g/mol. The van der Waals surface area contributed by atoms with Crippen molar-refractivity contribution < 1.29 is 142 Å². The molecule has 8 heterocycles. The molecular formula is C80H84N12O20S8. The van der Waals surface area contributed by atoms with Crippen LogP contribution in [0.4, 0.5) is 46.3 Å². The van der Waals surface area contributed by atoms with Crippen LogP contribution in [-0.4, -0.2) is 101 Å². The predicted octanol–water partition coefficient (Wildman–Crippen LogP) is 16.9. The van der Waals surface area contributed by atoms with Crippen molar-refractivity contribution in [2.75, 3.05) is 40.2 Å². The molecule has 4 aromatic carbocycles. The minimum Gasteiger partial charge on any atom is -0.337 e. The minimum atomic E-state index is -4.73. The molecule has 632 valence electrons. The van der Waals surface area contributed by atoms with Gasteiger partial charge in [-0.05, 0) is 252 Å². The predicted molar refractivity (Wildman–Crippen MR) is 460 cm³/mol. The average Bonchev–Trinajstić information content (AvgIpc) is 0.935. The van der Waals surface area contributed by atoms with Crippen LogP contribution in [0, 0.1) is 110 Å². The number of carbonyl (C=O) groups excluding carboxylic acids is 8. The van der Waals surface area contributed by atoms with Gasteiger partial charge in [0.2, 0.25) is 23.5 Å². The van der Waals surface area contributed by atoms with Crippen LogP contribution < -0.4 is 40.2 Å². The number of aromatic nitrogens is 4. The Morgan fingerprint density at radius 3 is 0.817 bits per heavy atom. The van der Waals surface area contributed by atoms with Crippen molar-refractivity contribution in [3.8, 4) is 0 Å². The maximum Gasteiger partial charge on any atom is 0.267 e. The molecule has 0 aliphatic heterocycles. The van der Waals surface area contributed by atoms with Crippen molar-refractivity contribution in [1.29, 1.82) is 0 Å². The first-order chi connectivity index (χ1) is 71.6. The standard InChI is InChI=1S/4C20H21N3O5S2/c4*1-10-8-11(2)17(15(9-10)14(5)24)21-19(25)18-16(6-7-29-18)30(26,27)23-20-12(3)13(4)22-28-20/h4*6-9,23H,1-5H3,(H,21,25)/i1D3,2D3,4D3,8D,9D;1D3,2D3,3D3,8D,9D;3D3,4D3,8D,9D;1D3,2D3,8D,9D. The smallest absolute Gasteiger partial charge is 0.267 e. The molecule has 0 atom stereocenters. The molecule has 4 amide bonds. The van der Waals surface area contributed by atoms with Crippen molar-refractivity contribution in [2.24, 2.45) is 0 Å². The first-order valence-corrected chi connectivity index (χ1v) is 42.2. The number of nitrogens with one attached hydrogen (secondary N) is 8. The number of nitrogens with zero attached hydrogens (tertiary/aromatic N) is 4. The number of hydrogen-bond acceptors (Lipinski definition) is 28. The van der Waals surface area contributed by atoms with E-state index in [9.17, 15) is 72.0 Å². The second kappa shape index (κ2) is 37.2. The summed E-state index contributed by atoms with van der Waals surface area (Å²) in [7, 11) is -18.5. The van der Waals surface area contributed by atoms with Gasteiger partial charge in [-0.25, -0.2) is 52.6 Å². The number of carbonyl (C=O) groups is 8. The molecule has 0 bridgehead atoms. The molecule has 0 radical (unpaired) electrons. The number of sulfonamides is 4. The maximum atomic E-state index is 13.3. The lowest BCUT2D eigenvalue weighted by molar-refractivity contribution is 0.100. The summed E-state index contributed by atoms with van der Waals surface area (Å²) in [6.45, 7) is -18.2. The van der Waals surface area contributed by atoms with Gasteiger partial charge in [-0.15, -0.1) is 45.3 Å². The molecule has 40 heteroatoms. The highest BCUT2D eigenvalue weighted by Gasteiger charge is 2.33. The molecule has 0 aliphatic carbocycles. The number of benzene rings is 4. The van der Waals surface area contributed by atoms with Gasteiger partial charge in [-0.3, -0.25) is 38.4 Å². The maximum absolute atomic E-state index is 13.3. The first-order valence-electron chi connectivity index (χ1n) is 51.8. The molecule has 12 aromatic rings. The number of aryl methyl sites for hydroxylation is 4. The zero-order chi connectivity index (χ0) is 121. The van der Waals surface area contributed by atoms with E-state index in [4.69, 9.17) is 70.2 Å². The Hall–Kier alpha value is -11.9. The Balaban J connectivity index is 0.000000233. The summed E-state index contributed by atoms with van der Waals surface area (Å²) in [5.74, 6) is -10.6. The molecule has 0 saturated carbocycles. The summed E-state index contributed by atoms with van der Waals surface area (Å²) in [6.07, 6.45) is 0. The topological polar surface area (TPSA) is 473 Å². The van der Waals surface area contributed by atoms with E-state index < -0.39 is 333 Å². The van der Waals surface area contributed by atoms with Crippen molar-refractivity contribution in [2.45, 2.75) is 157 Å². The van der Waals surface area contributed by atoms with E-state index in [1.807, 2.05) is 14.2 Å². The number of hydrogen-bond donors (Lipinski definition) is 8. The van der Waals surface area contributed by atoms with Gasteiger partial charge in [0.15, 0.2) is 23.1 Å². The molecule has 120 heavy (non-hydrogen) atoms. The number of amides is 4. The summed E-state index contributed by atoms with van der Waals surface area (Å²) < 4.78 is 428. The van der Waals surface area contributed by atoms with Crippen LogP contribution in [0.1, 0.15) is 249 Å². The Labute approximate surface area is 761 Å². The first kappa shape index (κ1) is 52.2. The minimum absolute atomic E-state index is 0.0800. The molecule has 12 rings (SSSR count). The number of anilines is 8. The SMILES string of the molecule is [2H]c1c(C(C)=O)c(NC(=O)c2sccc2S(=O)(=O)Nc2onc(C([2H])([2H])[2H])c2C)c(C([2H])([2H])[2H])c([2H])c1C([2H])([2H])[2H].[2H]c1c(C(C)=O)c(NC(=O)c2sccc2S(=O)(=O)Nc2onc(C)c2C([2H])([2H])[2H])c(C([2H])([2H])[2H])c([2H])c1C([2H])([2H])[2H].[2H]c1c(C(C)=O)c(NC(=O)c2sccc2S(=O)(=O)Nc2onc(C)c2C)c(C([2H])([2H])[2H])c([2H])c1C([2H])([2H])[2H].[2H]c1c(C)c([2H])c(C(C)=O)c(NC(=O)c2sccc2S(=O)(=O)Nc2onc(C([2H])([2H])[2H])c2C([2H])([2H])[2H])c1C. The molecule has 8 aromatic heterocycles. The van der Waals surface area contributed by atoms with Crippen LogP contribution >= 0.6 is 45.3 Å².